The van der Waals surface area contributed by atoms with Crippen LogP contribution in [0.1, 0.15) is 251 Å². The van der Waals surface area contributed by atoms with Crippen molar-refractivity contribution in [3.05, 3.63) is 12.2 Å². The Kier molecular flexibility index (Phi) is 42.2. The average molecular weight is 750 g/mol. The third-order valence-electron chi connectivity index (χ3n) is 10.8. The molecule has 0 saturated heterocycles. The number of unbranched alkanes of at least 4 members (excludes halogenated alkanes) is 30. The molecule has 6 nitrogen and oxygen atoms in total. The Bertz CT molecular complexity index is 787. The number of hydrogen-bond acceptors (Lipinski definition) is 5. The molecule has 0 rings (SSSR count). The fraction of sp³-hybridized carbons (Fsp3) is 0.915. The van der Waals surface area contributed by atoms with Gasteiger partial charge in [-0.2, -0.15) is 0 Å². The molecule has 3 N–H and O–H groups in total. The highest BCUT2D eigenvalue weighted by atomic mass is 16.5. The molecule has 0 aliphatic heterocycles. The Morgan fingerprint density at radius 2 is 0.906 bits per heavy atom. The van der Waals surface area contributed by atoms with Crippen molar-refractivity contribution in [1.82, 2.24) is 5.32 Å². The van der Waals surface area contributed by atoms with E-state index in [0.29, 0.717) is 25.9 Å². The second-order valence-corrected chi connectivity index (χ2v) is 16.1. The third kappa shape index (κ3) is 40.1. The number of carbonyl (C=O) groups excluding carboxylic acids is 2. The smallest absolute Gasteiger partial charge is 0.305 e. The summed E-state index contributed by atoms with van der Waals surface area (Å²) in [4.78, 5) is 24.3. The summed E-state index contributed by atoms with van der Waals surface area (Å²) in [6.07, 6.45) is 47.4. The van der Waals surface area contributed by atoms with E-state index < -0.39 is 12.1 Å². The Hall–Kier alpha value is -1.40. The van der Waals surface area contributed by atoms with Crippen LogP contribution in [-0.4, -0.2) is 47.4 Å². The van der Waals surface area contributed by atoms with Gasteiger partial charge >= 0.3 is 5.97 Å². The molecule has 0 aromatic heterocycles. The molecule has 0 saturated carbocycles. The number of amides is 1. The highest BCUT2D eigenvalue weighted by molar-refractivity contribution is 5.76. The zero-order chi connectivity index (χ0) is 38.7. The van der Waals surface area contributed by atoms with E-state index in [1.54, 1.807) is 0 Å². The van der Waals surface area contributed by atoms with E-state index in [9.17, 15) is 19.8 Å². The van der Waals surface area contributed by atoms with Gasteiger partial charge in [0.2, 0.25) is 5.91 Å². The minimum atomic E-state index is -0.667. The normalized spacial score (nSPS) is 12.8. The van der Waals surface area contributed by atoms with Crippen molar-refractivity contribution in [2.45, 2.75) is 264 Å². The van der Waals surface area contributed by atoms with E-state index in [4.69, 9.17) is 4.74 Å². The third-order valence-corrected chi connectivity index (χ3v) is 10.8. The van der Waals surface area contributed by atoms with E-state index in [1.165, 1.54) is 167 Å². The maximum Gasteiger partial charge on any atom is 0.305 e. The number of esters is 1. The topological polar surface area (TPSA) is 95.9 Å². The van der Waals surface area contributed by atoms with Gasteiger partial charge in [-0.05, 0) is 44.9 Å². The molecule has 0 bridgehead atoms. The van der Waals surface area contributed by atoms with Gasteiger partial charge in [-0.15, -0.1) is 0 Å². The summed E-state index contributed by atoms with van der Waals surface area (Å²) >= 11 is 0. The molecule has 0 aromatic rings. The van der Waals surface area contributed by atoms with Crippen molar-refractivity contribution in [3.63, 3.8) is 0 Å². The minimum Gasteiger partial charge on any atom is -0.466 e. The van der Waals surface area contributed by atoms with Crippen LogP contribution in [0.15, 0.2) is 12.2 Å². The number of carbonyl (C=O) groups is 2. The van der Waals surface area contributed by atoms with Gasteiger partial charge in [0.15, 0.2) is 0 Å². The first-order valence-electron chi connectivity index (χ1n) is 23.4. The Morgan fingerprint density at radius 1 is 0.509 bits per heavy atom. The number of ether oxygens (including phenoxy) is 1. The van der Waals surface area contributed by atoms with Crippen molar-refractivity contribution in [3.8, 4) is 0 Å². The summed E-state index contributed by atoms with van der Waals surface area (Å²) in [6.45, 7) is 4.87. The van der Waals surface area contributed by atoms with Crippen LogP contribution in [0.3, 0.4) is 0 Å². The van der Waals surface area contributed by atoms with Gasteiger partial charge in [-0.1, -0.05) is 206 Å². The zero-order valence-electron chi connectivity index (χ0n) is 35.5. The van der Waals surface area contributed by atoms with E-state index in [-0.39, 0.29) is 18.5 Å². The average Bonchev–Trinajstić information content (AvgIpc) is 3.16. The van der Waals surface area contributed by atoms with Crippen molar-refractivity contribution < 1.29 is 24.5 Å². The number of rotatable bonds is 43. The van der Waals surface area contributed by atoms with Crippen LogP contribution in [0, 0.1) is 0 Å². The molecule has 0 aromatic carbocycles. The SMILES string of the molecule is CCCC/C=C\CCCCCCCC(=O)OCCCCCCCCCCCCCCCCCC(=O)NC(CO)C(O)CCCCCCCCCCCC. The monoisotopic (exact) mass is 750 g/mol. The molecule has 0 aliphatic carbocycles. The number of hydrogen-bond donors (Lipinski definition) is 3. The molecule has 2 unspecified atom stereocenters. The first-order valence-corrected chi connectivity index (χ1v) is 23.4. The maximum atomic E-state index is 12.4. The zero-order valence-corrected chi connectivity index (χ0v) is 35.5. The van der Waals surface area contributed by atoms with Gasteiger partial charge in [0.25, 0.3) is 0 Å². The van der Waals surface area contributed by atoms with Crippen LogP contribution in [-0.2, 0) is 14.3 Å². The molecule has 0 radical (unpaired) electrons. The molecule has 0 heterocycles. The van der Waals surface area contributed by atoms with Crippen molar-refractivity contribution in [2.75, 3.05) is 13.2 Å². The van der Waals surface area contributed by atoms with Gasteiger partial charge < -0.3 is 20.3 Å². The fourth-order valence-corrected chi connectivity index (χ4v) is 7.15. The Balaban J connectivity index is 3.43. The molecule has 0 fully saturated rings. The van der Waals surface area contributed by atoms with Crippen molar-refractivity contribution in [2.24, 2.45) is 0 Å². The fourth-order valence-electron chi connectivity index (χ4n) is 7.15. The van der Waals surface area contributed by atoms with Gasteiger partial charge in [-0.25, -0.2) is 0 Å². The predicted molar refractivity (Wildman–Crippen MR) is 227 cm³/mol. The van der Waals surface area contributed by atoms with E-state index >= 15 is 0 Å². The molecule has 53 heavy (non-hydrogen) atoms. The molecule has 6 heteroatoms. The van der Waals surface area contributed by atoms with Crippen LogP contribution < -0.4 is 5.32 Å². The summed E-state index contributed by atoms with van der Waals surface area (Å²) in [5.74, 6) is -0.0566. The van der Waals surface area contributed by atoms with Crippen LogP contribution >= 0.6 is 0 Å². The van der Waals surface area contributed by atoms with Crippen LogP contribution in [0.5, 0.6) is 0 Å². The lowest BCUT2D eigenvalue weighted by Crippen LogP contribution is -2.45. The summed E-state index contributed by atoms with van der Waals surface area (Å²) in [7, 11) is 0. The number of allylic oxidation sites excluding steroid dienone is 2. The number of nitrogens with one attached hydrogen (secondary N) is 1. The van der Waals surface area contributed by atoms with E-state index in [2.05, 4.69) is 31.3 Å². The molecule has 314 valence electrons. The summed E-state index contributed by atoms with van der Waals surface area (Å²) in [6, 6.07) is -0.545. The van der Waals surface area contributed by atoms with Crippen LogP contribution in [0.4, 0.5) is 0 Å². The largest absolute Gasteiger partial charge is 0.466 e. The highest BCUT2D eigenvalue weighted by Crippen LogP contribution is 2.16. The standard InChI is InChI=1S/C47H91NO5/c1-3-5-7-9-11-13-20-25-29-33-37-41-47(52)53-42-38-34-30-26-22-19-17-15-16-18-21-24-28-32-36-40-46(51)48-44(43-49)45(50)39-35-31-27-23-14-12-10-8-6-4-2/h9,11,44-45,49-50H,3-8,10,12-43H2,1-2H3,(H,48,51)/b11-9-. The molecule has 1 amide bonds. The second-order valence-electron chi connectivity index (χ2n) is 16.1. The lowest BCUT2D eigenvalue weighted by atomic mass is 10.0. The summed E-state index contributed by atoms with van der Waals surface area (Å²) < 4.78 is 5.43. The predicted octanol–water partition coefficient (Wildman–Crippen LogP) is 13.4. The molecule has 0 spiro atoms. The van der Waals surface area contributed by atoms with Crippen LogP contribution in [0.2, 0.25) is 0 Å². The van der Waals surface area contributed by atoms with Gasteiger partial charge in [0, 0.05) is 12.8 Å². The number of aliphatic hydroxyl groups excluding tert-OH is 2. The molecular formula is C47H91NO5. The maximum absolute atomic E-state index is 12.4. The lowest BCUT2D eigenvalue weighted by Gasteiger charge is -2.22. The quantitative estimate of drug-likeness (QED) is 0.0328. The molecule has 0 aliphatic rings. The molecule has 2 atom stereocenters. The van der Waals surface area contributed by atoms with Gasteiger partial charge in [0.05, 0.1) is 25.4 Å². The Morgan fingerprint density at radius 3 is 1.40 bits per heavy atom. The van der Waals surface area contributed by atoms with Crippen LogP contribution in [0.25, 0.3) is 0 Å². The van der Waals surface area contributed by atoms with Gasteiger partial charge in [0.1, 0.15) is 0 Å². The summed E-state index contributed by atoms with van der Waals surface area (Å²) in [5, 5.41) is 23.1. The van der Waals surface area contributed by atoms with Crippen molar-refractivity contribution in [1.29, 1.82) is 0 Å². The first kappa shape index (κ1) is 51.6. The minimum absolute atomic E-state index is 0.0109. The number of aliphatic hydroxyl groups is 2. The lowest BCUT2D eigenvalue weighted by molar-refractivity contribution is -0.143. The molecular weight excluding hydrogens is 659 g/mol. The van der Waals surface area contributed by atoms with Crippen molar-refractivity contribution >= 4 is 11.9 Å². The summed E-state index contributed by atoms with van der Waals surface area (Å²) in [5.41, 5.74) is 0. The van der Waals surface area contributed by atoms with Gasteiger partial charge in [-0.3, -0.25) is 9.59 Å². The first-order chi connectivity index (χ1) is 26.0. The Labute approximate surface area is 329 Å². The second kappa shape index (κ2) is 43.3. The van der Waals surface area contributed by atoms with E-state index in [1.807, 2.05) is 0 Å². The van der Waals surface area contributed by atoms with E-state index in [0.717, 1.165) is 51.4 Å². The highest BCUT2D eigenvalue weighted by Gasteiger charge is 2.20.